The van der Waals surface area contributed by atoms with Gasteiger partial charge < -0.3 is 0 Å². The Labute approximate surface area is 102 Å². The van der Waals surface area contributed by atoms with E-state index in [0.717, 1.165) is 10.6 Å². The van der Waals surface area contributed by atoms with Gasteiger partial charge in [-0.15, -0.1) is 22.7 Å². The molecular weight excluding hydrogens is 264 g/mol. The summed E-state index contributed by atoms with van der Waals surface area (Å²) in [5.41, 5.74) is 0.810. The molecule has 0 atom stereocenters. The lowest BCUT2D eigenvalue weighted by Crippen LogP contribution is -2.11. The Hall–Kier alpha value is -0.920. The monoisotopic (exact) mass is 274 g/mol. The number of thiazole rings is 1. The van der Waals surface area contributed by atoms with Crippen molar-refractivity contribution in [2.75, 3.05) is 4.72 Å². The van der Waals surface area contributed by atoms with Gasteiger partial charge in [-0.2, -0.15) is 0 Å². The second kappa shape index (κ2) is 4.15. The van der Waals surface area contributed by atoms with E-state index < -0.39 is 10.0 Å². The predicted molar refractivity (Wildman–Crippen MR) is 66.7 cm³/mol. The molecule has 0 aromatic carbocycles. The number of nitrogens with zero attached hydrogens (tertiary/aromatic N) is 1. The molecule has 0 saturated heterocycles. The van der Waals surface area contributed by atoms with Crippen molar-refractivity contribution in [3.05, 3.63) is 28.1 Å². The fourth-order valence-electron chi connectivity index (χ4n) is 1.12. The summed E-state index contributed by atoms with van der Waals surface area (Å²) in [6.45, 7) is 3.70. The maximum absolute atomic E-state index is 11.9. The number of aromatic nitrogens is 1. The van der Waals surface area contributed by atoms with E-state index in [2.05, 4.69) is 9.71 Å². The molecule has 2 rings (SSSR count). The van der Waals surface area contributed by atoms with E-state index in [4.69, 9.17) is 0 Å². The summed E-state index contributed by atoms with van der Waals surface area (Å²) in [5.74, 6) is 0. The summed E-state index contributed by atoms with van der Waals surface area (Å²) in [4.78, 5) is 5.03. The van der Waals surface area contributed by atoms with E-state index in [1.807, 2.05) is 13.8 Å². The number of anilines is 1. The van der Waals surface area contributed by atoms with Crippen LogP contribution in [0.1, 0.15) is 10.6 Å². The molecular formula is C9H10N2O2S3. The summed E-state index contributed by atoms with van der Waals surface area (Å²) in [5, 5.41) is 2.21. The fraction of sp³-hybridized carbons (Fsp3) is 0.222. The molecule has 0 aliphatic heterocycles. The number of hydrogen-bond donors (Lipinski definition) is 1. The minimum Gasteiger partial charge on any atom is -0.254 e. The molecule has 16 heavy (non-hydrogen) atoms. The van der Waals surface area contributed by atoms with Crippen molar-refractivity contribution in [1.29, 1.82) is 0 Å². The quantitative estimate of drug-likeness (QED) is 0.936. The molecule has 0 radical (unpaired) electrons. The first-order valence-corrected chi connectivity index (χ1v) is 7.67. The third-order valence-electron chi connectivity index (χ3n) is 1.82. The Bertz CT molecular complexity index is 598. The van der Waals surface area contributed by atoms with Crippen LogP contribution in [0.25, 0.3) is 0 Å². The van der Waals surface area contributed by atoms with Crippen molar-refractivity contribution in [3.63, 3.8) is 0 Å². The summed E-state index contributed by atoms with van der Waals surface area (Å²) >= 11 is 2.53. The van der Waals surface area contributed by atoms with Gasteiger partial charge in [-0.25, -0.2) is 13.4 Å². The molecule has 2 aromatic heterocycles. The zero-order chi connectivity index (χ0) is 11.8. The van der Waals surface area contributed by atoms with Gasteiger partial charge in [0.1, 0.15) is 4.21 Å². The topological polar surface area (TPSA) is 59.1 Å². The lowest BCUT2D eigenvalue weighted by molar-refractivity contribution is 0.603. The first kappa shape index (κ1) is 11.6. The molecule has 0 unspecified atom stereocenters. The van der Waals surface area contributed by atoms with Gasteiger partial charge in [0.2, 0.25) is 0 Å². The van der Waals surface area contributed by atoms with Gasteiger partial charge in [-0.1, -0.05) is 0 Å². The van der Waals surface area contributed by atoms with Crippen molar-refractivity contribution >= 4 is 37.8 Å². The van der Waals surface area contributed by atoms with E-state index >= 15 is 0 Å². The van der Waals surface area contributed by atoms with Crippen LogP contribution in [0.15, 0.2) is 21.7 Å². The van der Waals surface area contributed by atoms with Gasteiger partial charge >= 0.3 is 0 Å². The third kappa shape index (κ3) is 2.42. The van der Waals surface area contributed by atoms with Gasteiger partial charge in [0.25, 0.3) is 10.0 Å². The number of hydrogen-bond acceptors (Lipinski definition) is 5. The van der Waals surface area contributed by atoms with Crippen LogP contribution in [0.4, 0.5) is 5.13 Å². The maximum Gasteiger partial charge on any atom is 0.273 e. The Morgan fingerprint density at radius 1 is 1.31 bits per heavy atom. The van der Waals surface area contributed by atoms with Gasteiger partial charge in [-0.3, -0.25) is 4.72 Å². The molecule has 2 heterocycles. The number of rotatable bonds is 3. The van der Waals surface area contributed by atoms with Crippen molar-refractivity contribution in [3.8, 4) is 0 Å². The normalized spacial score (nSPS) is 11.6. The van der Waals surface area contributed by atoms with E-state index in [0.29, 0.717) is 9.34 Å². The maximum atomic E-state index is 11.9. The number of aryl methyl sites for hydroxylation is 2. The number of nitrogens with one attached hydrogen (secondary N) is 1. The Morgan fingerprint density at radius 3 is 2.56 bits per heavy atom. The molecule has 86 valence electrons. The lowest BCUT2D eigenvalue weighted by atomic mass is 10.5. The molecule has 0 bridgehead atoms. The second-order valence-electron chi connectivity index (χ2n) is 3.26. The van der Waals surface area contributed by atoms with Crippen LogP contribution in [-0.4, -0.2) is 13.4 Å². The standard InChI is InChI=1S/C9H10N2O2S3/c1-6-5-14-9(10-6)11-16(12,13)8-4-3-7(2)15-8/h3-5H,1-2H3,(H,10,11). The molecule has 0 spiro atoms. The first-order chi connectivity index (χ1) is 7.47. The average Bonchev–Trinajstić information content (AvgIpc) is 2.75. The zero-order valence-corrected chi connectivity index (χ0v) is 11.2. The first-order valence-electron chi connectivity index (χ1n) is 4.49. The fourth-order valence-corrected chi connectivity index (χ4v) is 4.35. The Balaban J connectivity index is 2.27. The third-order valence-corrected chi connectivity index (χ3v) is 5.66. The van der Waals surface area contributed by atoms with Gasteiger partial charge in [0.05, 0.1) is 5.69 Å². The molecule has 7 heteroatoms. The molecule has 0 saturated carbocycles. The number of sulfonamides is 1. The van der Waals surface area contributed by atoms with Crippen LogP contribution in [0, 0.1) is 13.8 Å². The summed E-state index contributed by atoms with van der Waals surface area (Å²) in [6.07, 6.45) is 0. The van der Waals surface area contributed by atoms with Crippen molar-refractivity contribution in [2.24, 2.45) is 0 Å². The highest BCUT2D eigenvalue weighted by atomic mass is 32.2. The zero-order valence-electron chi connectivity index (χ0n) is 8.72. The highest BCUT2D eigenvalue weighted by Crippen LogP contribution is 2.24. The van der Waals surface area contributed by atoms with Crippen molar-refractivity contribution < 1.29 is 8.42 Å². The van der Waals surface area contributed by atoms with Crippen molar-refractivity contribution in [2.45, 2.75) is 18.1 Å². The van der Waals surface area contributed by atoms with Crippen LogP contribution in [0.5, 0.6) is 0 Å². The summed E-state index contributed by atoms with van der Waals surface area (Å²) in [7, 11) is -3.46. The lowest BCUT2D eigenvalue weighted by Gasteiger charge is -2.01. The molecule has 0 amide bonds. The molecule has 2 aromatic rings. The van der Waals surface area contributed by atoms with E-state index in [1.165, 1.54) is 22.7 Å². The number of thiophene rings is 1. The van der Waals surface area contributed by atoms with Gasteiger partial charge in [0.15, 0.2) is 5.13 Å². The molecule has 4 nitrogen and oxygen atoms in total. The van der Waals surface area contributed by atoms with Crippen LogP contribution in [0.2, 0.25) is 0 Å². The van der Waals surface area contributed by atoms with Crippen molar-refractivity contribution in [1.82, 2.24) is 4.98 Å². The molecule has 0 aliphatic carbocycles. The molecule has 0 fully saturated rings. The SMILES string of the molecule is Cc1csc(NS(=O)(=O)c2ccc(C)s2)n1. The van der Waals surface area contributed by atoms with E-state index in [-0.39, 0.29) is 0 Å². The van der Waals surface area contributed by atoms with Crippen LogP contribution in [0.3, 0.4) is 0 Å². The van der Waals surface area contributed by atoms with E-state index in [9.17, 15) is 8.42 Å². The Kier molecular flexibility index (Phi) is 3.00. The van der Waals surface area contributed by atoms with Crippen LogP contribution >= 0.6 is 22.7 Å². The van der Waals surface area contributed by atoms with E-state index in [1.54, 1.807) is 17.5 Å². The van der Waals surface area contributed by atoms with Crippen LogP contribution in [-0.2, 0) is 10.0 Å². The second-order valence-corrected chi connectivity index (χ2v) is 7.32. The largest absolute Gasteiger partial charge is 0.273 e. The van der Waals surface area contributed by atoms with Gasteiger partial charge in [-0.05, 0) is 26.0 Å². The molecule has 1 N–H and O–H groups in total. The Morgan fingerprint density at radius 2 is 2.06 bits per heavy atom. The highest BCUT2D eigenvalue weighted by molar-refractivity contribution is 7.94. The minimum atomic E-state index is -3.46. The summed E-state index contributed by atoms with van der Waals surface area (Å²) < 4.78 is 26.6. The van der Waals surface area contributed by atoms with Crippen LogP contribution < -0.4 is 4.72 Å². The highest BCUT2D eigenvalue weighted by Gasteiger charge is 2.17. The summed E-state index contributed by atoms with van der Waals surface area (Å²) in [6, 6.07) is 3.38. The van der Waals surface area contributed by atoms with Gasteiger partial charge in [0, 0.05) is 10.3 Å². The minimum absolute atomic E-state index is 0.317. The molecule has 0 aliphatic rings. The average molecular weight is 274 g/mol. The smallest absolute Gasteiger partial charge is 0.254 e. The predicted octanol–water partition coefficient (Wildman–Crippen LogP) is 2.62.